The molecule has 1 N–H and O–H groups in total. The van der Waals surface area contributed by atoms with Crippen molar-refractivity contribution in [2.45, 2.75) is 40.3 Å². The molecule has 0 bridgehead atoms. The molecule has 0 aliphatic carbocycles. The monoisotopic (exact) mass is 321 g/mol. The fourth-order valence-electron chi connectivity index (χ4n) is 2.70. The number of benzene rings is 2. The van der Waals surface area contributed by atoms with Gasteiger partial charge in [0.15, 0.2) is 0 Å². The highest BCUT2D eigenvalue weighted by Gasteiger charge is 2.11. The summed E-state index contributed by atoms with van der Waals surface area (Å²) < 4.78 is 0. The minimum atomic E-state index is 0.149. The Kier molecular flexibility index (Phi) is 5.32. The van der Waals surface area contributed by atoms with Crippen molar-refractivity contribution in [2.24, 2.45) is 0 Å². The van der Waals surface area contributed by atoms with Crippen molar-refractivity contribution >= 4 is 23.2 Å². The first-order valence-electron chi connectivity index (χ1n) is 7.13. The molecular formula is C18H21Cl2N. The molecule has 0 saturated heterocycles. The highest BCUT2D eigenvalue weighted by atomic mass is 35.5. The molecular weight excluding hydrogens is 301 g/mol. The molecule has 2 aromatic carbocycles. The maximum Gasteiger partial charge on any atom is 0.0454 e. The van der Waals surface area contributed by atoms with Gasteiger partial charge in [0.1, 0.15) is 0 Å². The lowest BCUT2D eigenvalue weighted by molar-refractivity contribution is 0.572. The Morgan fingerprint density at radius 1 is 1.00 bits per heavy atom. The summed E-state index contributed by atoms with van der Waals surface area (Å²) in [6, 6.07) is 10.2. The maximum absolute atomic E-state index is 6.26. The molecule has 0 amide bonds. The molecule has 0 fully saturated rings. The molecule has 0 spiro atoms. The topological polar surface area (TPSA) is 12.0 Å². The van der Waals surface area contributed by atoms with Crippen LogP contribution in [-0.2, 0) is 6.54 Å². The van der Waals surface area contributed by atoms with Crippen LogP contribution in [0.5, 0.6) is 0 Å². The van der Waals surface area contributed by atoms with E-state index in [0.29, 0.717) is 5.02 Å². The quantitative estimate of drug-likeness (QED) is 0.753. The van der Waals surface area contributed by atoms with Crippen LogP contribution in [0.1, 0.15) is 40.8 Å². The largest absolute Gasteiger partial charge is 0.306 e. The molecule has 1 atom stereocenters. The van der Waals surface area contributed by atoms with E-state index in [2.05, 4.69) is 45.1 Å². The lowest BCUT2D eigenvalue weighted by atomic mass is 9.99. The summed E-state index contributed by atoms with van der Waals surface area (Å²) in [5.74, 6) is 0. The van der Waals surface area contributed by atoms with Crippen molar-refractivity contribution in [1.29, 1.82) is 0 Å². The highest BCUT2D eigenvalue weighted by Crippen LogP contribution is 2.27. The average Bonchev–Trinajstić information content (AvgIpc) is 2.40. The van der Waals surface area contributed by atoms with Gasteiger partial charge in [0.05, 0.1) is 0 Å². The Morgan fingerprint density at radius 3 is 2.24 bits per heavy atom. The van der Waals surface area contributed by atoms with Gasteiger partial charge in [-0.1, -0.05) is 40.9 Å². The predicted octanol–water partition coefficient (Wildman–Crippen LogP) is 5.77. The van der Waals surface area contributed by atoms with Crippen molar-refractivity contribution < 1.29 is 0 Å². The molecule has 3 heteroatoms. The van der Waals surface area contributed by atoms with Crippen molar-refractivity contribution in [3.8, 4) is 0 Å². The van der Waals surface area contributed by atoms with Gasteiger partial charge >= 0.3 is 0 Å². The summed E-state index contributed by atoms with van der Waals surface area (Å²) >= 11 is 12.3. The van der Waals surface area contributed by atoms with Gasteiger partial charge in [0, 0.05) is 22.6 Å². The van der Waals surface area contributed by atoms with Crippen LogP contribution in [0, 0.1) is 20.8 Å². The minimum absolute atomic E-state index is 0.149. The molecule has 0 radical (unpaired) electrons. The molecule has 1 nitrogen and oxygen atoms in total. The fraction of sp³-hybridized carbons (Fsp3) is 0.333. The van der Waals surface area contributed by atoms with Crippen LogP contribution in [0.3, 0.4) is 0 Å². The number of rotatable bonds is 4. The number of halogens is 2. The van der Waals surface area contributed by atoms with E-state index >= 15 is 0 Å². The summed E-state index contributed by atoms with van der Waals surface area (Å²) in [5, 5.41) is 5.00. The third kappa shape index (κ3) is 4.00. The summed E-state index contributed by atoms with van der Waals surface area (Å²) in [6.07, 6.45) is 0. The van der Waals surface area contributed by atoms with E-state index in [1.165, 1.54) is 22.3 Å². The first kappa shape index (κ1) is 16.4. The van der Waals surface area contributed by atoms with Crippen molar-refractivity contribution in [2.75, 3.05) is 0 Å². The molecule has 0 aromatic heterocycles. The van der Waals surface area contributed by atoms with E-state index in [1.807, 2.05) is 18.2 Å². The number of hydrogen-bond acceptors (Lipinski definition) is 1. The molecule has 0 aliphatic heterocycles. The molecule has 112 valence electrons. The summed E-state index contributed by atoms with van der Waals surface area (Å²) in [6.45, 7) is 9.38. The Balaban J connectivity index is 2.15. The Hall–Kier alpha value is -1.02. The minimum Gasteiger partial charge on any atom is -0.306 e. The number of hydrogen-bond donors (Lipinski definition) is 1. The van der Waals surface area contributed by atoms with Gasteiger partial charge in [-0.25, -0.2) is 0 Å². The molecule has 0 heterocycles. The van der Waals surface area contributed by atoms with Gasteiger partial charge in [0.25, 0.3) is 0 Å². The SMILES string of the molecule is Cc1cc(C)c(CNC(C)c2cc(Cl)ccc2Cl)c(C)c1. The van der Waals surface area contributed by atoms with Gasteiger partial charge in [-0.2, -0.15) is 0 Å². The number of aryl methyl sites for hydroxylation is 3. The lowest BCUT2D eigenvalue weighted by Crippen LogP contribution is -2.19. The van der Waals surface area contributed by atoms with Crippen molar-refractivity contribution in [3.05, 3.63) is 68.2 Å². The fourth-order valence-corrected chi connectivity index (χ4v) is 3.16. The Morgan fingerprint density at radius 2 is 1.62 bits per heavy atom. The van der Waals surface area contributed by atoms with E-state index in [9.17, 15) is 0 Å². The zero-order valence-corrected chi connectivity index (χ0v) is 14.4. The first-order chi connectivity index (χ1) is 9.88. The standard InChI is InChI=1S/C18H21Cl2N/c1-11-7-12(2)17(13(3)8-11)10-21-14(4)16-9-15(19)5-6-18(16)20/h5-9,14,21H,10H2,1-4H3. The van der Waals surface area contributed by atoms with Gasteiger partial charge in [-0.15, -0.1) is 0 Å². The summed E-state index contributed by atoms with van der Waals surface area (Å²) in [5.41, 5.74) is 6.34. The molecule has 0 saturated carbocycles. The molecule has 0 aliphatic rings. The van der Waals surface area contributed by atoms with Gasteiger partial charge in [0.2, 0.25) is 0 Å². The molecule has 2 rings (SSSR count). The van der Waals surface area contributed by atoms with Crippen LogP contribution < -0.4 is 5.32 Å². The summed E-state index contributed by atoms with van der Waals surface area (Å²) in [4.78, 5) is 0. The second kappa shape index (κ2) is 6.83. The van der Waals surface area contributed by atoms with Crippen LogP contribution in [-0.4, -0.2) is 0 Å². The van der Waals surface area contributed by atoms with Crippen LogP contribution in [0.15, 0.2) is 30.3 Å². The van der Waals surface area contributed by atoms with Crippen LogP contribution in [0.4, 0.5) is 0 Å². The zero-order chi connectivity index (χ0) is 15.6. The van der Waals surface area contributed by atoms with Crippen molar-refractivity contribution in [3.63, 3.8) is 0 Å². The van der Waals surface area contributed by atoms with Crippen LogP contribution in [0.25, 0.3) is 0 Å². The molecule has 1 unspecified atom stereocenters. The smallest absolute Gasteiger partial charge is 0.0454 e. The van der Waals surface area contributed by atoms with Crippen molar-refractivity contribution in [1.82, 2.24) is 5.32 Å². The normalized spacial score (nSPS) is 12.5. The molecule has 2 aromatic rings. The second-order valence-electron chi connectivity index (χ2n) is 5.65. The van der Waals surface area contributed by atoms with Gasteiger partial charge in [-0.05, 0) is 68.1 Å². The molecule has 21 heavy (non-hydrogen) atoms. The second-order valence-corrected chi connectivity index (χ2v) is 6.49. The van der Waals surface area contributed by atoms with E-state index in [0.717, 1.165) is 17.1 Å². The van der Waals surface area contributed by atoms with Gasteiger partial charge < -0.3 is 5.32 Å². The summed E-state index contributed by atoms with van der Waals surface area (Å²) in [7, 11) is 0. The highest BCUT2D eigenvalue weighted by molar-refractivity contribution is 6.33. The van der Waals surface area contributed by atoms with E-state index in [4.69, 9.17) is 23.2 Å². The van der Waals surface area contributed by atoms with E-state index in [-0.39, 0.29) is 6.04 Å². The van der Waals surface area contributed by atoms with E-state index in [1.54, 1.807) is 0 Å². The van der Waals surface area contributed by atoms with Crippen LogP contribution >= 0.6 is 23.2 Å². The Bertz CT molecular complexity index is 627. The third-order valence-corrected chi connectivity index (χ3v) is 4.43. The zero-order valence-electron chi connectivity index (χ0n) is 12.9. The lowest BCUT2D eigenvalue weighted by Gasteiger charge is -2.18. The maximum atomic E-state index is 6.26. The van der Waals surface area contributed by atoms with Gasteiger partial charge in [-0.3, -0.25) is 0 Å². The van der Waals surface area contributed by atoms with Crippen LogP contribution in [0.2, 0.25) is 10.0 Å². The first-order valence-corrected chi connectivity index (χ1v) is 7.89. The Labute approximate surface area is 137 Å². The third-order valence-electron chi connectivity index (χ3n) is 3.85. The van der Waals surface area contributed by atoms with E-state index < -0.39 is 0 Å². The average molecular weight is 322 g/mol. The number of nitrogens with one attached hydrogen (secondary N) is 1. The predicted molar refractivity (Wildman–Crippen MR) is 92.4 cm³/mol.